The Labute approximate surface area is 168 Å². The third-order valence-corrected chi connectivity index (χ3v) is 4.64. The fourth-order valence-electron chi connectivity index (χ4n) is 2.75. The highest BCUT2D eigenvalue weighted by Gasteiger charge is 2.24. The van der Waals surface area contributed by atoms with Crippen LogP contribution in [0.4, 0.5) is 8.78 Å². The number of carbonyl (C=O) groups is 2. The molecule has 0 spiro atoms. The van der Waals surface area contributed by atoms with Gasteiger partial charge >= 0.3 is 18.6 Å². The topological polar surface area (TPSA) is 83.8 Å². The van der Waals surface area contributed by atoms with Crippen molar-refractivity contribution in [2.75, 3.05) is 0 Å². The standard InChI is InChI=1S/C14H20O2.C8H6F2O3/c1-9-6-12(7-10(2)11(9)3)14(4,5)8-13(15)16;9-8(10)13-6-4-2-1-3-5(6)7(11)12/h6-7H,8H2,1-5H3,(H,15,16);1-4,8H,(H,11,12). The Bertz CT molecular complexity index is 852. The van der Waals surface area contributed by atoms with Crippen LogP contribution in [0.1, 0.15) is 52.9 Å². The van der Waals surface area contributed by atoms with Crippen molar-refractivity contribution in [3.05, 3.63) is 64.2 Å². The van der Waals surface area contributed by atoms with E-state index in [1.54, 1.807) is 0 Å². The summed E-state index contributed by atoms with van der Waals surface area (Å²) in [5, 5.41) is 17.5. The predicted molar refractivity (Wildman–Crippen MR) is 106 cm³/mol. The van der Waals surface area contributed by atoms with Crippen molar-refractivity contribution in [2.45, 2.75) is 53.1 Å². The van der Waals surface area contributed by atoms with Crippen molar-refractivity contribution in [1.29, 1.82) is 0 Å². The SMILES string of the molecule is Cc1cc(C(C)(C)CC(=O)O)cc(C)c1C.O=C(O)c1ccccc1OC(F)F. The first-order valence-corrected chi connectivity index (χ1v) is 8.92. The molecule has 0 fully saturated rings. The Morgan fingerprint density at radius 3 is 2.00 bits per heavy atom. The van der Waals surface area contributed by atoms with Crippen molar-refractivity contribution in [3.63, 3.8) is 0 Å². The third-order valence-electron chi connectivity index (χ3n) is 4.64. The number of carboxylic acids is 2. The first kappa shape index (κ1) is 24.1. The second-order valence-corrected chi connectivity index (χ2v) is 7.37. The molecular weight excluding hydrogens is 382 g/mol. The second-order valence-electron chi connectivity index (χ2n) is 7.37. The molecule has 158 valence electrons. The molecule has 0 aromatic heterocycles. The largest absolute Gasteiger partial charge is 0.481 e. The quantitative estimate of drug-likeness (QED) is 0.673. The number of halogens is 2. The van der Waals surface area contributed by atoms with Gasteiger partial charge in [-0.25, -0.2) is 4.79 Å². The van der Waals surface area contributed by atoms with E-state index >= 15 is 0 Å². The highest BCUT2D eigenvalue weighted by atomic mass is 19.3. The fraction of sp³-hybridized carbons (Fsp3) is 0.364. The van der Waals surface area contributed by atoms with E-state index < -0.39 is 18.6 Å². The lowest BCUT2D eigenvalue weighted by molar-refractivity contribution is -0.138. The molecule has 7 heteroatoms. The van der Waals surface area contributed by atoms with E-state index in [1.807, 2.05) is 13.8 Å². The second kappa shape index (κ2) is 10.0. The molecule has 0 aliphatic carbocycles. The van der Waals surface area contributed by atoms with Crippen LogP contribution in [0, 0.1) is 20.8 Å². The number of carboxylic acid groups (broad SMARTS) is 2. The molecule has 0 amide bonds. The summed E-state index contributed by atoms with van der Waals surface area (Å²) >= 11 is 0. The molecule has 5 nitrogen and oxygen atoms in total. The van der Waals surface area contributed by atoms with Crippen LogP contribution in [-0.4, -0.2) is 28.8 Å². The Morgan fingerprint density at radius 2 is 1.55 bits per heavy atom. The smallest absolute Gasteiger partial charge is 0.387 e. The number of alkyl halides is 2. The zero-order valence-corrected chi connectivity index (χ0v) is 17.1. The first-order valence-electron chi connectivity index (χ1n) is 8.92. The molecule has 0 bridgehead atoms. The lowest BCUT2D eigenvalue weighted by Crippen LogP contribution is -2.22. The summed E-state index contributed by atoms with van der Waals surface area (Å²) in [4.78, 5) is 21.3. The van der Waals surface area contributed by atoms with Crippen molar-refractivity contribution >= 4 is 11.9 Å². The Morgan fingerprint density at radius 1 is 1.03 bits per heavy atom. The molecule has 0 heterocycles. The maximum Gasteiger partial charge on any atom is 0.387 e. The summed E-state index contributed by atoms with van der Waals surface area (Å²) in [6.45, 7) is 7.18. The van der Waals surface area contributed by atoms with Gasteiger partial charge < -0.3 is 14.9 Å². The van der Waals surface area contributed by atoms with Crippen LogP contribution in [-0.2, 0) is 10.2 Å². The average Bonchev–Trinajstić information content (AvgIpc) is 2.58. The number of rotatable bonds is 6. The lowest BCUT2D eigenvalue weighted by atomic mass is 9.79. The van der Waals surface area contributed by atoms with E-state index in [9.17, 15) is 18.4 Å². The van der Waals surface area contributed by atoms with Crippen LogP contribution >= 0.6 is 0 Å². The van der Waals surface area contributed by atoms with Gasteiger partial charge in [-0.1, -0.05) is 38.1 Å². The van der Waals surface area contributed by atoms with E-state index in [0.717, 1.165) is 5.56 Å². The van der Waals surface area contributed by atoms with Gasteiger partial charge in [0.25, 0.3) is 0 Å². The van der Waals surface area contributed by atoms with E-state index in [2.05, 4.69) is 37.6 Å². The third kappa shape index (κ3) is 7.18. The minimum atomic E-state index is -3.01. The number of hydrogen-bond acceptors (Lipinski definition) is 3. The zero-order valence-electron chi connectivity index (χ0n) is 17.1. The maximum atomic E-state index is 11.7. The molecule has 0 atom stereocenters. The van der Waals surface area contributed by atoms with Gasteiger partial charge in [-0.05, 0) is 55.2 Å². The number of hydrogen-bond donors (Lipinski definition) is 2. The molecule has 0 radical (unpaired) electrons. The molecule has 2 N–H and O–H groups in total. The van der Waals surface area contributed by atoms with Crippen molar-refractivity contribution in [2.24, 2.45) is 0 Å². The fourth-order valence-corrected chi connectivity index (χ4v) is 2.75. The van der Waals surface area contributed by atoms with Crippen molar-refractivity contribution in [3.8, 4) is 5.75 Å². The Kier molecular flexibility index (Phi) is 8.30. The van der Waals surface area contributed by atoms with Gasteiger partial charge in [0.1, 0.15) is 11.3 Å². The van der Waals surface area contributed by atoms with Crippen LogP contribution in [0.15, 0.2) is 36.4 Å². The van der Waals surface area contributed by atoms with E-state index in [1.165, 1.54) is 41.0 Å². The molecular formula is C22H26F2O5. The van der Waals surface area contributed by atoms with Gasteiger partial charge in [0.05, 0.1) is 6.42 Å². The van der Waals surface area contributed by atoms with Crippen LogP contribution in [0.2, 0.25) is 0 Å². The zero-order chi connectivity index (χ0) is 22.4. The molecule has 0 saturated heterocycles. The summed E-state index contributed by atoms with van der Waals surface area (Å²) in [6.07, 6.45) is 0.162. The number of benzene rings is 2. The average molecular weight is 408 g/mol. The van der Waals surface area contributed by atoms with Crippen molar-refractivity contribution < 1.29 is 33.3 Å². The first-order chi connectivity index (χ1) is 13.3. The molecule has 0 aliphatic heterocycles. The van der Waals surface area contributed by atoms with Gasteiger partial charge in [0, 0.05) is 5.41 Å². The van der Waals surface area contributed by atoms with Crippen molar-refractivity contribution in [1.82, 2.24) is 0 Å². The molecule has 0 unspecified atom stereocenters. The van der Waals surface area contributed by atoms with Crippen LogP contribution in [0.5, 0.6) is 5.75 Å². The number of aliphatic carboxylic acids is 1. The number of ether oxygens (including phenoxy) is 1. The van der Waals surface area contributed by atoms with E-state index in [-0.39, 0.29) is 23.1 Å². The molecule has 2 aromatic rings. The molecule has 29 heavy (non-hydrogen) atoms. The van der Waals surface area contributed by atoms with Gasteiger partial charge in [-0.15, -0.1) is 0 Å². The van der Waals surface area contributed by atoms with Gasteiger partial charge in [0.15, 0.2) is 0 Å². The summed E-state index contributed by atoms with van der Waals surface area (Å²) < 4.78 is 27.5. The van der Waals surface area contributed by atoms with E-state index in [0.29, 0.717) is 0 Å². The highest BCUT2D eigenvalue weighted by molar-refractivity contribution is 5.90. The van der Waals surface area contributed by atoms with Crippen LogP contribution in [0.25, 0.3) is 0 Å². The van der Waals surface area contributed by atoms with Gasteiger partial charge in [0.2, 0.25) is 0 Å². The Balaban J connectivity index is 0.000000296. The number of aryl methyl sites for hydroxylation is 2. The summed E-state index contributed by atoms with van der Waals surface area (Å²) in [6, 6.07) is 9.43. The number of aromatic carboxylic acids is 1. The van der Waals surface area contributed by atoms with Crippen LogP contribution in [0.3, 0.4) is 0 Å². The molecule has 2 aromatic carbocycles. The monoisotopic (exact) mass is 408 g/mol. The summed E-state index contributed by atoms with van der Waals surface area (Å²) in [5.74, 6) is -2.37. The minimum Gasteiger partial charge on any atom is -0.481 e. The van der Waals surface area contributed by atoms with E-state index in [4.69, 9.17) is 10.2 Å². The highest BCUT2D eigenvalue weighted by Crippen LogP contribution is 2.30. The Hall–Kier alpha value is -2.96. The summed E-state index contributed by atoms with van der Waals surface area (Å²) in [5.41, 5.74) is 4.27. The molecule has 0 saturated carbocycles. The predicted octanol–water partition coefficient (Wildman–Crippen LogP) is 5.35. The number of para-hydroxylation sites is 1. The summed E-state index contributed by atoms with van der Waals surface area (Å²) in [7, 11) is 0. The normalized spacial score (nSPS) is 10.9. The maximum absolute atomic E-state index is 11.7. The van der Waals surface area contributed by atoms with Gasteiger partial charge in [-0.3, -0.25) is 4.79 Å². The minimum absolute atomic E-state index is 0.162. The molecule has 2 rings (SSSR count). The molecule has 0 aliphatic rings. The van der Waals surface area contributed by atoms with Crippen LogP contribution < -0.4 is 4.74 Å². The lowest BCUT2D eigenvalue weighted by Gasteiger charge is -2.25. The van der Waals surface area contributed by atoms with Gasteiger partial charge in [-0.2, -0.15) is 8.78 Å².